The molecule has 1 saturated carbocycles. The van der Waals surface area contributed by atoms with Crippen molar-refractivity contribution in [2.45, 2.75) is 32.1 Å². The number of rotatable bonds is 2. The first-order valence-electron chi connectivity index (χ1n) is 6.29. The first-order chi connectivity index (χ1) is 8.84. The topological polar surface area (TPSA) is 83.6 Å². The summed E-state index contributed by atoms with van der Waals surface area (Å²) in [7, 11) is 0. The zero-order valence-corrected chi connectivity index (χ0v) is 10.0. The molecule has 0 radical (unpaired) electrons. The van der Waals surface area contributed by atoms with Crippen LogP contribution in [0.15, 0.2) is 12.7 Å². The van der Waals surface area contributed by atoms with Crippen LogP contribution >= 0.6 is 0 Å². The maximum absolute atomic E-state index is 12.1. The summed E-state index contributed by atoms with van der Waals surface area (Å²) in [6, 6.07) is 0. The van der Waals surface area contributed by atoms with Gasteiger partial charge in [0.25, 0.3) is 0 Å². The first kappa shape index (κ1) is 11.1. The molecule has 1 aliphatic carbocycles. The second kappa shape index (κ2) is 4.72. The quantitative estimate of drug-likeness (QED) is 0.846. The second-order valence-electron chi connectivity index (χ2n) is 4.65. The van der Waals surface area contributed by atoms with Gasteiger partial charge < -0.3 is 10.3 Å². The monoisotopic (exact) mass is 245 g/mol. The van der Waals surface area contributed by atoms with Crippen LogP contribution in [0.2, 0.25) is 0 Å². The molecule has 2 aromatic rings. The number of nitrogens with one attached hydrogen (secondary N) is 2. The van der Waals surface area contributed by atoms with Crippen molar-refractivity contribution in [1.82, 2.24) is 19.9 Å². The number of aromatic amines is 1. The number of carbonyl (C=O) groups is 1. The number of imidazole rings is 1. The van der Waals surface area contributed by atoms with Crippen LogP contribution in [0.3, 0.4) is 0 Å². The third-order valence-electron chi connectivity index (χ3n) is 3.44. The van der Waals surface area contributed by atoms with E-state index >= 15 is 0 Å². The fourth-order valence-electron chi connectivity index (χ4n) is 2.44. The number of anilines is 1. The molecule has 0 bridgehead atoms. The zero-order chi connectivity index (χ0) is 12.4. The molecule has 2 N–H and O–H groups in total. The van der Waals surface area contributed by atoms with Gasteiger partial charge in [-0.3, -0.25) is 4.79 Å². The summed E-state index contributed by atoms with van der Waals surface area (Å²) in [5.41, 5.74) is 1.26. The van der Waals surface area contributed by atoms with Gasteiger partial charge >= 0.3 is 0 Å². The van der Waals surface area contributed by atoms with Crippen LogP contribution in [0.4, 0.5) is 5.82 Å². The Morgan fingerprint density at radius 1 is 1.22 bits per heavy atom. The number of aromatic nitrogens is 4. The van der Waals surface area contributed by atoms with E-state index in [0.29, 0.717) is 17.0 Å². The van der Waals surface area contributed by atoms with Crippen molar-refractivity contribution >= 4 is 22.9 Å². The molecule has 1 aliphatic rings. The number of nitrogens with zero attached hydrogens (tertiary/aromatic N) is 3. The maximum Gasteiger partial charge on any atom is 0.228 e. The van der Waals surface area contributed by atoms with Gasteiger partial charge in [-0.15, -0.1) is 0 Å². The number of fused-ring (bicyclic) bond motifs is 1. The Balaban J connectivity index is 1.79. The van der Waals surface area contributed by atoms with Gasteiger partial charge in [0, 0.05) is 5.92 Å². The molecule has 0 unspecified atom stereocenters. The third kappa shape index (κ3) is 2.05. The van der Waals surface area contributed by atoms with Crippen LogP contribution in [0.5, 0.6) is 0 Å². The molecule has 3 rings (SSSR count). The lowest BCUT2D eigenvalue weighted by Crippen LogP contribution is -2.25. The van der Waals surface area contributed by atoms with E-state index in [0.717, 1.165) is 25.7 Å². The molecule has 6 nitrogen and oxygen atoms in total. The van der Waals surface area contributed by atoms with Crippen molar-refractivity contribution in [1.29, 1.82) is 0 Å². The van der Waals surface area contributed by atoms with Crippen molar-refractivity contribution in [2.75, 3.05) is 5.32 Å². The maximum atomic E-state index is 12.1. The minimum atomic E-state index is 0.0595. The van der Waals surface area contributed by atoms with E-state index in [-0.39, 0.29) is 11.8 Å². The fraction of sp³-hybridized carbons (Fsp3) is 0.500. The molecule has 1 fully saturated rings. The Bertz CT molecular complexity index is 558. The van der Waals surface area contributed by atoms with Gasteiger partial charge in [-0.25, -0.2) is 15.0 Å². The first-order valence-corrected chi connectivity index (χ1v) is 6.29. The number of carbonyl (C=O) groups excluding carboxylic acids is 1. The van der Waals surface area contributed by atoms with E-state index in [1.165, 1.54) is 12.7 Å². The van der Waals surface area contributed by atoms with Crippen molar-refractivity contribution in [3.8, 4) is 0 Å². The minimum absolute atomic E-state index is 0.0595. The third-order valence-corrected chi connectivity index (χ3v) is 3.44. The summed E-state index contributed by atoms with van der Waals surface area (Å²) in [5, 5.41) is 2.88. The van der Waals surface area contributed by atoms with Crippen LogP contribution in [0.25, 0.3) is 11.2 Å². The van der Waals surface area contributed by atoms with E-state index in [1.807, 2.05) is 0 Å². The predicted octanol–water partition coefficient (Wildman–Crippen LogP) is 1.87. The van der Waals surface area contributed by atoms with Gasteiger partial charge in [0.1, 0.15) is 11.8 Å². The van der Waals surface area contributed by atoms with E-state index in [4.69, 9.17) is 0 Å². The standard InChI is InChI=1S/C12H15N5O/c18-12(8-4-2-1-3-5-8)17-11-9-10(14-6-13-9)15-7-16-11/h6-8H,1-5H2,(H2,13,14,15,16,17,18). The Labute approximate surface area is 104 Å². The SMILES string of the molecule is O=C(Nc1ncnc2nc[nH]c12)C1CCCCC1. The number of H-pyrrole nitrogens is 1. The van der Waals surface area contributed by atoms with Crippen molar-refractivity contribution in [3.63, 3.8) is 0 Å². The molecular formula is C12H15N5O. The molecule has 0 aliphatic heterocycles. The number of amides is 1. The van der Waals surface area contributed by atoms with Gasteiger partial charge in [-0.05, 0) is 12.8 Å². The predicted molar refractivity (Wildman–Crippen MR) is 66.9 cm³/mol. The highest BCUT2D eigenvalue weighted by Gasteiger charge is 2.22. The van der Waals surface area contributed by atoms with Gasteiger partial charge in [-0.2, -0.15) is 0 Å². The summed E-state index contributed by atoms with van der Waals surface area (Å²) in [5.74, 6) is 0.698. The molecular weight excluding hydrogens is 230 g/mol. The van der Waals surface area contributed by atoms with E-state index < -0.39 is 0 Å². The Morgan fingerprint density at radius 2 is 2.06 bits per heavy atom. The van der Waals surface area contributed by atoms with E-state index in [1.54, 1.807) is 6.33 Å². The molecule has 0 aromatic carbocycles. The Kier molecular flexibility index (Phi) is 2.92. The zero-order valence-electron chi connectivity index (χ0n) is 10.0. The van der Waals surface area contributed by atoms with E-state index in [2.05, 4.69) is 25.3 Å². The van der Waals surface area contributed by atoms with E-state index in [9.17, 15) is 4.79 Å². The molecule has 0 spiro atoms. The van der Waals surface area contributed by atoms with Gasteiger partial charge in [0.2, 0.25) is 5.91 Å². The highest BCUT2D eigenvalue weighted by Crippen LogP contribution is 2.25. The lowest BCUT2D eigenvalue weighted by molar-refractivity contribution is -0.120. The number of hydrogen-bond donors (Lipinski definition) is 2. The summed E-state index contributed by atoms with van der Waals surface area (Å²) in [6.45, 7) is 0. The molecule has 0 saturated heterocycles. The summed E-state index contributed by atoms with van der Waals surface area (Å²) in [4.78, 5) is 27.2. The van der Waals surface area contributed by atoms with Gasteiger partial charge in [0.05, 0.1) is 6.33 Å². The van der Waals surface area contributed by atoms with Gasteiger partial charge in [0.15, 0.2) is 11.5 Å². The molecule has 2 aromatic heterocycles. The second-order valence-corrected chi connectivity index (χ2v) is 4.65. The van der Waals surface area contributed by atoms with Crippen LogP contribution in [-0.2, 0) is 4.79 Å². The fourth-order valence-corrected chi connectivity index (χ4v) is 2.44. The highest BCUT2D eigenvalue weighted by atomic mass is 16.1. The molecule has 94 valence electrons. The summed E-state index contributed by atoms with van der Waals surface area (Å²) in [6.07, 6.45) is 8.44. The summed E-state index contributed by atoms with van der Waals surface area (Å²) >= 11 is 0. The molecule has 1 amide bonds. The van der Waals surface area contributed by atoms with Crippen LogP contribution in [-0.4, -0.2) is 25.8 Å². The van der Waals surface area contributed by atoms with Crippen LogP contribution < -0.4 is 5.32 Å². The summed E-state index contributed by atoms with van der Waals surface area (Å²) < 4.78 is 0. The Morgan fingerprint density at radius 3 is 2.89 bits per heavy atom. The number of hydrogen-bond acceptors (Lipinski definition) is 4. The largest absolute Gasteiger partial charge is 0.340 e. The average Bonchev–Trinajstić information content (AvgIpc) is 2.89. The average molecular weight is 245 g/mol. The van der Waals surface area contributed by atoms with Crippen molar-refractivity contribution in [3.05, 3.63) is 12.7 Å². The molecule has 6 heteroatoms. The smallest absolute Gasteiger partial charge is 0.228 e. The van der Waals surface area contributed by atoms with Gasteiger partial charge in [-0.1, -0.05) is 19.3 Å². The Hall–Kier alpha value is -1.98. The highest BCUT2D eigenvalue weighted by molar-refractivity contribution is 5.97. The van der Waals surface area contributed by atoms with Crippen LogP contribution in [0, 0.1) is 5.92 Å². The molecule has 0 atom stereocenters. The lowest BCUT2D eigenvalue weighted by Gasteiger charge is -2.20. The van der Waals surface area contributed by atoms with Crippen molar-refractivity contribution < 1.29 is 4.79 Å². The van der Waals surface area contributed by atoms with Crippen molar-refractivity contribution in [2.24, 2.45) is 5.92 Å². The molecule has 18 heavy (non-hydrogen) atoms. The normalized spacial score (nSPS) is 16.9. The lowest BCUT2D eigenvalue weighted by atomic mass is 9.89. The van der Waals surface area contributed by atoms with Crippen LogP contribution in [0.1, 0.15) is 32.1 Å². The minimum Gasteiger partial charge on any atom is -0.340 e. The molecule has 2 heterocycles.